The fourth-order valence-electron chi connectivity index (χ4n) is 5.46. The molecule has 2 amide bonds. The number of carbonyl (C=O) groups excluding carboxylic acids is 4. The van der Waals surface area contributed by atoms with Gasteiger partial charge in [0.05, 0.1) is 30.7 Å². The lowest BCUT2D eigenvalue weighted by Gasteiger charge is -2.27. The molecule has 2 saturated heterocycles. The highest BCUT2D eigenvalue weighted by Crippen LogP contribution is 2.57. The van der Waals surface area contributed by atoms with E-state index in [-0.39, 0.29) is 11.1 Å². The third kappa shape index (κ3) is 2.74. The average Bonchev–Trinajstić information content (AvgIpc) is 3.44. The van der Waals surface area contributed by atoms with Gasteiger partial charge in [0.25, 0.3) is 0 Å². The van der Waals surface area contributed by atoms with Gasteiger partial charge < -0.3 is 9.47 Å². The molecular formula is C27H18FNO6. The first-order valence-corrected chi connectivity index (χ1v) is 11.0. The summed E-state index contributed by atoms with van der Waals surface area (Å²) in [7, 11) is 1.49. The van der Waals surface area contributed by atoms with Crippen molar-refractivity contribution in [2.24, 2.45) is 11.8 Å². The average molecular weight is 471 g/mol. The molecule has 2 fully saturated rings. The van der Waals surface area contributed by atoms with Crippen LogP contribution in [0.3, 0.4) is 0 Å². The molecule has 1 aliphatic carbocycles. The first-order chi connectivity index (χ1) is 16.9. The number of amides is 2. The standard InChI is InChI=1S/C27H18FNO6/c1-34-17-12-10-16(11-13-17)29-25(32)20-21(26(29)33)27(35-22(20)14-6-8-15(28)9-7-14)23(30)18-4-2-3-5-19(18)24(27)31/h2-13,20-22H,1H3/t20-,21-,22+/m0/s1. The Kier molecular flexibility index (Phi) is 4.53. The van der Waals surface area contributed by atoms with Crippen LogP contribution >= 0.6 is 0 Å². The van der Waals surface area contributed by atoms with E-state index in [1.807, 2.05) is 0 Å². The fraction of sp³-hybridized carbons (Fsp3) is 0.185. The molecule has 3 atom stereocenters. The van der Waals surface area contributed by atoms with Gasteiger partial charge in [-0.2, -0.15) is 0 Å². The third-order valence-electron chi connectivity index (χ3n) is 7.05. The molecule has 3 aliphatic rings. The van der Waals surface area contributed by atoms with Gasteiger partial charge in [0, 0.05) is 11.1 Å². The van der Waals surface area contributed by atoms with Crippen molar-refractivity contribution in [3.63, 3.8) is 0 Å². The second kappa shape index (κ2) is 7.41. The SMILES string of the molecule is COc1ccc(N2C(=O)[C@@H]3[C@@H](c4ccc(F)cc4)OC4(C(=O)c5ccccc5C4=O)[C@@H]3C2=O)cc1. The van der Waals surface area contributed by atoms with Crippen LogP contribution in [0.5, 0.6) is 5.75 Å². The Balaban J connectivity index is 1.52. The number of halogens is 1. The Hall–Kier alpha value is -4.17. The normalized spacial score (nSPS) is 24.3. The van der Waals surface area contributed by atoms with Crippen LogP contribution in [0.15, 0.2) is 72.8 Å². The predicted octanol–water partition coefficient (Wildman–Crippen LogP) is 3.53. The predicted molar refractivity (Wildman–Crippen MR) is 121 cm³/mol. The molecule has 7 nitrogen and oxygen atoms in total. The largest absolute Gasteiger partial charge is 0.497 e. The van der Waals surface area contributed by atoms with Crippen molar-refractivity contribution in [2.45, 2.75) is 11.7 Å². The van der Waals surface area contributed by atoms with Crippen molar-refractivity contribution in [1.82, 2.24) is 0 Å². The van der Waals surface area contributed by atoms with Gasteiger partial charge in [0.15, 0.2) is 0 Å². The van der Waals surface area contributed by atoms with Crippen LogP contribution in [0, 0.1) is 17.7 Å². The molecule has 2 aliphatic heterocycles. The molecule has 35 heavy (non-hydrogen) atoms. The molecule has 6 rings (SSSR count). The minimum Gasteiger partial charge on any atom is -0.497 e. The van der Waals surface area contributed by atoms with Crippen LogP contribution < -0.4 is 9.64 Å². The topological polar surface area (TPSA) is 90.0 Å². The number of ether oxygens (including phenoxy) is 2. The molecular weight excluding hydrogens is 453 g/mol. The summed E-state index contributed by atoms with van der Waals surface area (Å²) in [4.78, 5) is 55.9. The third-order valence-corrected chi connectivity index (χ3v) is 7.05. The van der Waals surface area contributed by atoms with Crippen LogP contribution in [0.25, 0.3) is 0 Å². The number of rotatable bonds is 3. The smallest absolute Gasteiger partial charge is 0.241 e. The number of anilines is 1. The summed E-state index contributed by atoms with van der Waals surface area (Å²) >= 11 is 0. The van der Waals surface area contributed by atoms with Crippen molar-refractivity contribution in [2.75, 3.05) is 12.0 Å². The number of hydrogen-bond acceptors (Lipinski definition) is 6. The maximum Gasteiger partial charge on any atom is 0.241 e. The van der Waals surface area contributed by atoms with Gasteiger partial charge in [-0.25, -0.2) is 9.29 Å². The van der Waals surface area contributed by atoms with E-state index in [1.165, 1.54) is 43.5 Å². The van der Waals surface area contributed by atoms with Crippen LogP contribution in [-0.4, -0.2) is 36.1 Å². The van der Waals surface area contributed by atoms with E-state index < -0.39 is 52.7 Å². The van der Waals surface area contributed by atoms with Crippen molar-refractivity contribution in [3.8, 4) is 5.75 Å². The first-order valence-electron chi connectivity index (χ1n) is 11.0. The van der Waals surface area contributed by atoms with Crippen molar-refractivity contribution >= 4 is 29.1 Å². The second-order valence-electron chi connectivity index (χ2n) is 8.74. The molecule has 2 heterocycles. The maximum atomic E-state index is 13.8. The summed E-state index contributed by atoms with van der Waals surface area (Å²) in [5.41, 5.74) is -1.18. The number of carbonyl (C=O) groups is 4. The summed E-state index contributed by atoms with van der Waals surface area (Å²) in [5, 5.41) is 0. The maximum absolute atomic E-state index is 13.8. The molecule has 0 saturated carbocycles. The Morgan fingerprint density at radius 1 is 0.829 bits per heavy atom. The van der Waals surface area contributed by atoms with E-state index in [1.54, 1.807) is 36.4 Å². The molecule has 0 radical (unpaired) electrons. The first kappa shape index (κ1) is 21.4. The van der Waals surface area contributed by atoms with Crippen molar-refractivity contribution in [1.29, 1.82) is 0 Å². The lowest BCUT2D eigenvalue weighted by molar-refractivity contribution is -0.127. The summed E-state index contributed by atoms with van der Waals surface area (Å²) in [6.07, 6.45) is -1.09. The monoisotopic (exact) mass is 471 g/mol. The minimum absolute atomic E-state index is 0.152. The van der Waals surface area contributed by atoms with Gasteiger partial charge in [-0.15, -0.1) is 0 Å². The molecule has 8 heteroatoms. The summed E-state index contributed by atoms with van der Waals surface area (Å²) in [5.74, 6) is -5.03. The summed E-state index contributed by atoms with van der Waals surface area (Å²) in [6, 6.07) is 17.9. The molecule has 0 N–H and O–H groups in total. The Morgan fingerprint density at radius 3 is 2.00 bits per heavy atom. The second-order valence-corrected chi connectivity index (χ2v) is 8.74. The number of imide groups is 1. The molecule has 1 spiro atoms. The molecule has 174 valence electrons. The number of methoxy groups -OCH3 is 1. The highest BCUT2D eigenvalue weighted by atomic mass is 19.1. The van der Waals surface area contributed by atoms with Gasteiger partial charge in [-0.05, 0) is 42.0 Å². The lowest BCUT2D eigenvalue weighted by Crippen LogP contribution is -2.51. The Morgan fingerprint density at radius 2 is 1.43 bits per heavy atom. The zero-order chi connectivity index (χ0) is 24.5. The molecule has 3 aromatic carbocycles. The fourth-order valence-corrected chi connectivity index (χ4v) is 5.46. The molecule has 0 aromatic heterocycles. The Labute approximate surface area is 199 Å². The minimum atomic E-state index is -2.17. The zero-order valence-corrected chi connectivity index (χ0v) is 18.4. The van der Waals surface area contributed by atoms with Crippen LogP contribution in [-0.2, 0) is 14.3 Å². The van der Waals surface area contributed by atoms with Crippen molar-refractivity contribution < 1.29 is 33.0 Å². The van der Waals surface area contributed by atoms with Gasteiger partial charge >= 0.3 is 0 Å². The van der Waals surface area contributed by atoms with Gasteiger partial charge in [0.1, 0.15) is 11.6 Å². The number of benzene rings is 3. The number of nitrogens with zero attached hydrogens (tertiary/aromatic N) is 1. The molecule has 0 bridgehead atoms. The highest BCUT2D eigenvalue weighted by Gasteiger charge is 2.74. The van der Waals surface area contributed by atoms with E-state index in [0.29, 0.717) is 17.0 Å². The van der Waals surface area contributed by atoms with E-state index in [9.17, 15) is 23.6 Å². The number of Topliss-reactive ketones (excluding diaryl/α,β-unsaturated/α-hetero) is 2. The zero-order valence-electron chi connectivity index (χ0n) is 18.4. The van der Waals surface area contributed by atoms with Crippen molar-refractivity contribution in [3.05, 3.63) is 95.3 Å². The Bertz CT molecular complexity index is 1380. The molecule has 3 aromatic rings. The van der Waals surface area contributed by atoms with E-state index in [0.717, 1.165) is 4.90 Å². The van der Waals surface area contributed by atoms with Crippen LogP contribution in [0.2, 0.25) is 0 Å². The molecule has 0 unspecified atom stereocenters. The number of fused-ring (bicyclic) bond motifs is 3. The van der Waals surface area contributed by atoms with E-state index >= 15 is 0 Å². The van der Waals surface area contributed by atoms with Crippen LogP contribution in [0.1, 0.15) is 32.4 Å². The quantitative estimate of drug-likeness (QED) is 0.429. The highest BCUT2D eigenvalue weighted by molar-refractivity contribution is 6.37. The lowest BCUT2D eigenvalue weighted by atomic mass is 9.77. The van der Waals surface area contributed by atoms with E-state index in [2.05, 4.69) is 0 Å². The van der Waals surface area contributed by atoms with Gasteiger partial charge in [-0.1, -0.05) is 36.4 Å². The van der Waals surface area contributed by atoms with Gasteiger partial charge in [0.2, 0.25) is 29.0 Å². The number of hydrogen-bond donors (Lipinski definition) is 0. The van der Waals surface area contributed by atoms with Crippen LogP contribution in [0.4, 0.5) is 10.1 Å². The van der Waals surface area contributed by atoms with E-state index in [4.69, 9.17) is 9.47 Å². The van der Waals surface area contributed by atoms with Gasteiger partial charge in [-0.3, -0.25) is 19.2 Å². The summed E-state index contributed by atoms with van der Waals surface area (Å²) < 4.78 is 25.0. The number of ketones is 2. The summed E-state index contributed by atoms with van der Waals surface area (Å²) in [6.45, 7) is 0.